The van der Waals surface area contributed by atoms with Gasteiger partial charge in [0.25, 0.3) is 0 Å². The predicted octanol–water partition coefficient (Wildman–Crippen LogP) is 1.28. The molecule has 0 aliphatic carbocycles. The van der Waals surface area contributed by atoms with Gasteiger partial charge in [-0.05, 0) is 30.5 Å². The van der Waals surface area contributed by atoms with E-state index in [0.717, 1.165) is 31.9 Å². The van der Waals surface area contributed by atoms with Crippen molar-refractivity contribution in [2.45, 2.75) is 0 Å². The van der Waals surface area contributed by atoms with Crippen molar-refractivity contribution in [2.24, 2.45) is 0 Å². The Kier molecular flexibility index (Phi) is 4.36. The first-order chi connectivity index (χ1) is 8.70. The van der Waals surface area contributed by atoms with Crippen LogP contribution in [0.25, 0.3) is 0 Å². The van der Waals surface area contributed by atoms with Crippen LogP contribution >= 0.6 is 11.8 Å². The molecule has 0 saturated carbocycles. The lowest BCUT2D eigenvalue weighted by atomic mass is 10.2. The first-order valence-electron chi connectivity index (χ1n) is 6.08. The normalized spacial score (nSPS) is 15.8. The second kappa shape index (κ2) is 6.00. The van der Waals surface area contributed by atoms with Gasteiger partial charge in [0, 0.05) is 37.6 Å². The summed E-state index contributed by atoms with van der Waals surface area (Å²) in [5.41, 5.74) is 7.64. The van der Waals surface area contributed by atoms with Crippen LogP contribution in [0.1, 0.15) is 0 Å². The first-order valence-corrected chi connectivity index (χ1v) is 7.47. The van der Waals surface area contributed by atoms with E-state index in [1.807, 2.05) is 35.4 Å². The molecule has 0 bridgehead atoms. The van der Waals surface area contributed by atoms with E-state index in [4.69, 9.17) is 5.73 Å². The van der Waals surface area contributed by atoms with Crippen LogP contribution in [0.2, 0.25) is 0 Å². The zero-order valence-electron chi connectivity index (χ0n) is 10.6. The van der Waals surface area contributed by atoms with Crippen LogP contribution < -0.4 is 10.6 Å². The lowest BCUT2D eigenvalue weighted by Gasteiger charge is -2.36. The number of carbonyl (C=O) groups excluding carboxylic acids is 1. The van der Waals surface area contributed by atoms with E-state index < -0.39 is 0 Å². The maximum absolute atomic E-state index is 11.8. The van der Waals surface area contributed by atoms with E-state index in [1.165, 1.54) is 5.69 Å². The fourth-order valence-corrected chi connectivity index (χ4v) is 2.54. The molecule has 0 spiro atoms. The minimum absolute atomic E-state index is 0.249. The highest BCUT2D eigenvalue weighted by atomic mass is 32.2. The Hall–Kier alpha value is -1.36. The number of anilines is 2. The van der Waals surface area contributed by atoms with Crippen molar-refractivity contribution in [2.75, 3.05) is 48.8 Å². The summed E-state index contributed by atoms with van der Waals surface area (Å²) in [7, 11) is 0. The second-order valence-corrected chi connectivity index (χ2v) is 5.26. The summed E-state index contributed by atoms with van der Waals surface area (Å²) >= 11 is 1.58. The minimum Gasteiger partial charge on any atom is -0.399 e. The third-order valence-corrected chi connectivity index (χ3v) is 3.69. The van der Waals surface area contributed by atoms with Gasteiger partial charge in [0.05, 0.1) is 5.75 Å². The number of nitrogens with two attached hydrogens (primary N) is 1. The average molecular weight is 265 g/mol. The molecule has 1 aliphatic heterocycles. The summed E-state index contributed by atoms with van der Waals surface area (Å²) in [5, 5.41) is 0. The number of benzene rings is 1. The fraction of sp³-hybridized carbons (Fsp3) is 0.462. The molecule has 0 unspecified atom stereocenters. The lowest BCUT2D eigenvalue weighted by Crippen LogP contribution is -2.49. The third kappa shape index (κ3) is 3.10. The number of carbonyl (C=O) groups is 1. The third-order valence-electron chi connectivity index (χ3n) is 3.16. The average Bonchev–Trinajstić information content (AvgIpc) is 2.40. The maximum Gasteiger partial charge on any atom is 0.232 e. The molecule has 2 rings (SSSR count). The minimum atomic E-state index is 0.249. The number of amides is 1. The smallest absolute Gasteiger partial charge is 0.232 e. The van der Waals surface area contributed by atoms with Gasteiger partial charge in [-0.1, -0.05) is 0 Å². The Balaban J connectivity index is 1.90. The number of rotatable bonds is 3. The van der Waals surface area contributed by atoms with Crippen LogP contribution in [0.5, 0.6) is 0 Å². The SMILES string of the molecule is CSCC(=O)N1CCN(c2ccc(N)cc2)CC1. The maximum atomic E-state index is 11.8. The zero-order valence-corrected chi connectivity index (χ0v) is 11.4. The summed E-state index contributed by atoms with van der Waals surface area (Å²) in [6, 6.07) is 7.91. The van der Waals surface area contributed by atoms with Gasteiger partial charge in [0.2, 0.25) is 5.91 Å². The van der Waals surface area contributed by atoms with Crippen LogP contribution in [-0.4, -0.2) is 49.0 Å². The molecule has 4 nitrogen and oxygen atoms in total. The Bertz CT molecular complexity index is 399. The van der Waals surface area contributed by atoms with Crippen molar-refractivity contribution in [3.8, 4) is 0 Å². The van der Waals surface area contributed by atoms with Gasteiger partial charge in [-0.2, -0.15) is 11.8 Å². The highest BCUT2D eigenvalue weighted by molar-refractivity contribution is 7.99. The molecule has 98 valence electrons. The summed E-state index contributed by atoms with van der Waals surface area (Å²) in [4.78, 5) is 16.0. The largest absolute Gasteiger partial charge is 0.399 e. The van der Waals surface area contributed by atoms with Gasteiger partial charge < -0.3 is 15.5 Å². The van der Waals surface area contributed by atoms with Gasteiger partial charge in [0.15, 0.2) is 0 Å². The number of nitrogens with zero attached hydrogens (tertiary/aromatic N) is 2. The molecule has 1 saturated heterocycles. The topological polar surface area (TPSA) is 49.6 Å². The zero-order chi connectivity index (χ0) is 13.0. The molecular formula is C13H19N3OS. The van der Waals surface area contributed by atoms with Crippen molar-refractivity contribution >= 4 is 29.0 Å². The molecule has 1 amide bonds. The number of hydrogen-bond acceptors (Lipinski definition) is 4. The molecule has 1 aliphatic rings. The fourth-order valence-electron chi connectivity index (χ4n) is 2.11. The molecule has 1 fully saturated rings. The van der Waals surface area contributed by atoms with E-state index in [9.17, 15) is 4.79 Å². The van der Waals surface area contributed by atoms with E-state index >= 15 is 0 Å². The van der Waals surface area contributed by atoms with Crippen LogP contribution in [0, 0.1) is 0 Å². The molecule has 1 aromatic carbocycles. The Morgan fingerprint density at radius 1 is 1.22 bits per heavy atom. The lowest BCUT2D eigenvalue weighted by molar-refractivity contribution is -0.128. The van der Waals surface area contributed by atoms with E-state index in [2.05, 4.69) is 4.90 Å². The number of piperazine rings is 1. The second-order valence-electron chi connectivity index (χ2n) is 4.39. The van der Waals surface area contributed by atoms with Crippen LogP contribution in [0.15, 0.2) is 24.3 Å². The van der Waals surface area contributed by atoms with Crippen molar-refractivity contribution in [3.05, 3.63) is 24.3 Å². The van der Waals surface area contributed by atoms with Crippen LogP contribution in [0.4, 0.5) is 11.4 Å². The summed E-state index contributed by atoms with van der Waals surface area (Å²) in [6.45, 7) is 3.40. The van der Waals surface area contributed by atoms with E-state index in [0.29, 0.717) is 5.75 Å². The molecule has 0 aromatic heterocycles. The molecule has 2 N–H and O–H groups in total. The molecular weight excluding hydrogens is 246 g/mol. The van der Waals surface area contributed by atoms with Gasteiger partial charge in [-0.25, -0.2) is 0 Å². The number of thioether (sulfide) groups is 1. The molecule has 0 atom stereocenters. The molecule has 1 aromatic rings. The summed E-state index contributed by atoms with van der Waals surface area (Å²) in [6.07, 6.45) is 1.96. The number of nitrogen functional groups attached to an aromatic ring is 1. The van der Waals surface area contributed by atoms with Gasteiger partial charge in [-0.3, -0.25) is 4.79 Å². The number of hydrogen-bond donors (Lipinski definition) is 1. The van der Waals surface area contributed by atoms with Gasteiger partial charge >= 0.3 is 0 Å². The molecule has 0 radical (unpaired) electrons. The Morgan fingerprint density at radius 2 is 1.83 bits per heavy atom. The van der Waals surface area contributed by atoms with E-state index in [-0.39, 0.29) is 5.91 Å². The quantitative estimate of drug-likeness (QED) is 0.837. The molecule has 1 heterocycles. The van der Waals surface area contributed by atoms with Crippen molar-refractivity contribution in [1.82, 2.24) is 4.90 Å². The summed E-state index contributed by atoms with van der Waals surface area (Å²) in [5.74, 6) is 0.835. The molecule has 18 heavy (non-hydrogen) atoms. The van der Waals surface area contributed by atoms with Gasteiger partial charge in [0.1, 0.15) is 0 Å². The van der Waals surface area contributed by atoms with Crippen LogP contribution in [-0.2, 0) is 4.79 Å². The van der Waals surface area contributed by atoms with Gasteiger partial charge in [-0.15, -0.1) is 0 Å². The highest BCUT2D eigenvalue weighted by Gasteiger charge is 2.20. The Labute approximate surface area is 112 Å². The summed E-state index contributed by atoms with van der Waals surface area (Å²) < 4.78 is 0. The monoisotopic (exact) mass is 265 g/mol. The van der Waals surface area contributed by atoms with Crippen LogP contribution in [0.3, 0.4) is 0 Å². The van der Waals surface area contributed by atoms with E-state index in [1.54, 1.807) is 11.8 Å². The highest BCUT2D eigenvalue weighted by Crippen LogP contribution is 2.18. The van der Waals surface area contributed by atoms with Crippen molar-refractivity contribution < 1.29 is 4.79 Å². The standard InChI is InChI=1S/C13H19N3OS/c1-18-10-13(17)16-8-6-15(7-9-16)12-4-2-11(14)3-5-12/h2-5H,6-10,14H2,1H3. The predicted molar refractivity (Wildman–Crippen MR) is 78.0 cm³/mol. The van der Waals surface area contributed by atoms with Crippen molar-refractivity contribution in [1.29, 1.82) is 0 Å². The van der Waals surface area contributed by atoms with Crippen molar-refractivity contribution in [3.63, 3.8) is 0 Å². The first kappa shape index (κ1) is 13.1. The Morgan fingerprint density at radius 3 is 2.39 bits per heavy atom. The molecule has 5 heteroatoms.